The molecule has 0 aliphatic carbocycles. The van der Waals surface area contributed by atoms with E-state index in [2.05, 4.69) is 5.32 Å². The minimum atomic E-state index is -4.69. The van der Waals surface area contributed by atoms with Gasteiger partial charge in [-0.05, 0) is 18.6 Å². The van der Waals surface area contributed by atoms with E-state index in [1.54, 1.807) is 0 Å². The van der Waals surface area contributed by atoms with E-state index in [0.29, 0.717) is 6.07 Å². The zero-order valence-electron chi connectivity index (χ0n) is 11.1. The van der Waals surface area contributed by atoms with Crippen molar-refractivity contribution in [3.05, 3.63) is 35.1 Å². The summed E-state index contributed by atoms with van der Waals surface area (Å²) in [4.78, 5) is 10.6. The smallest absolute Gasteiger partial charge is 0.390 e. The van der Waals surface area contributed by atoms with E-state index in [0.717, 1.165) is 6.07 Å². The fraction of sp³-hybridized carbons (Fsp3) is 0.462. The number of nitrogens with one attached hydrogen (secondary N) is 1. The molecule has 0 saturated carbocycles. The van der Waals surface area contributed by atoms with E-state index >= 15 is 0 Å². The lowest BCUT2D eigenvalue weighted by Gasteiger charge is -2.19. The summed E-state index contributed by atoms with van der Waals surface area (Å²) in [5.74, 6) is -1.59. The minimum absolute atomic E-state index is 0.0514. The van der Waals surface area contributed by atoms with Crippen molar-refractivity contribution in [2.45, 2.75) is 31.7 Å². The Labute approximate surface area is 118 Å². The van der Waals surface area contributed by atoms with Crippen LogP contribution in [0.25, 0.3) is 0 Å². The second kappa shape index (κ2) is 6.86. The van der Waals surface area contributed by atoms with Crippen LogP contribution in [0.1, 0.15) is 30.6 Å². The Bertz CT molecular complexity index is 505. The van der Waals surface area contributed by atoms with Crippen molar-refractivity contribution < 1.29 is 32.6 Å². The summed E-state index contributed by atoms with van der Waals surface area (Å²) in [5.41, 5.74) is -1.61. The molecule has 3 N–H and O–H groups in total. The van der Waals surface area contributed by atoms with Gasteiger partial charge in [0.05, 0.1) is 11.7 Å². The highest BCUT2D eigenvalue weighted by atomic mass is 19.4. The average Bonchev–Trinajstić information content (AvgIpc) is 2.36. The lowest BCUT2D eigenvalue weighted by molar-refractivity contribution is -0.137. The highest BCUT2D eigenvalue weighted by molar-refractivity contribution is 5.72. The summed E-state index contributed by atoms with van der Waals surface area (Å²) in [5, 5.41) is 21.8. The predicted octanol–water partition coefficient (Wildman–Crippen LogP) is 1.76. The lowest BCUT2D eigenvalue weighted by Crippen LogP contribution is -2.28. The molecule has 0 bridgehead atoms. The highest BCUT2D eigenvalue weighted by Gasteiger charge is 2.32. The quantitative estimate of drug-likeness (QED) is 0.726. The van der Waals surface area contributed by atoms with Gasteiger partial charge in [-0.25, -0.2) is 4.39 Å². The summed E-state index contributed by atoms with van der Waals surface area (Å²) in [6, 6.07) is 1.67. The van der Waals surface area contributed by atoms with Crippen molar-refractivity contribution >= 4 is 5.91 Å². The summed E-state index contributed by atoms with van der Waals surface area (Å²) in [7, 11) is 0. The van der Waals surface area contributed by atoms with E-state index in [1.165, 1.54) is 6.92 Å². The molecule has 0 aliphatic heterocycles. The van der Waals surface area contributed by atoms with Gasteiger partial charge in [0.1, 0.15) is 11.9 Å². The summed E-state index contributed by atoms with van der Waals surface area (Å²) in [6.07, 6.45) is -7.85. The molecule has 1 rings (SSSR count). The van der Waals surface area contributed by atoms with Crippen LogP contribution < -0.4 is 5.32 Å². The zero-order valence-corrected chi connectivity index (χ0v) is 11.1. The molecule has 8 heteroatoms. The van der Waals surface area contributed by atoms with Crippen LogP contribution in [0.3, 0.4) is 0 Å². The van der Waals surface area contributed by atoms with Gasteiger partial charge in [0.2, 0.25) is 5.91 Å². The van der Waals surface area contributed by atoms with Crippen molar-refractivity contribution in [1.82, 2.24) is 5.32 Å². The molecule has 1 amide bonds. The van der Waals surface area contributed by atoms with Crippen molar-refractivity contribution in [3.8, 4) is 0 Å². The van der Waals surface area contributed by atoms with Gasteiger partial charge < -0.3 is 15.5 Å². The van der Waals surface area contributed by atoms with E-state index in [-0.39, 0.29) is 24.9 Å². The Hall–Kier alpha value is -1.67. The maximum atomic E-state index is 13.6. The molecule has 1 aromatic rings. The highest BCUT2D eigenvalue weighted by Crippen LogP contribution is 2.32. The number of hydrogen-bond acceptors (Lipinski definition) is 3. The van der Waals surface area contributed by atoms with E-state index in [9.17, 15) is 32.6 Å². The Morgan fingerprint density at radius 2 is 1.95 bits per heavy atom. The van der Waals surface area contributed by atoms with Crippen LogP contribution in [-0.4, -0.2) is 28.8 Å². The third-order valence-electron chi connectivity index (χ3n) is 2.82. The molecule has 0 fully saturated rings. The first-order chi connectivity index (χ1) is 9.62. The van der Waals surface area contributed by atoms with Crippen LogP contribution in [-0.2, 0) is 11.0 Å². The number of carbonyl (C=O) groups excluding carboxylic acids is 1. The van der Waals surface area contributed by atoms with Gasteiger partial charge in [-0.15, -0.1) is 0 Å². The number of aliphatic hydroxyl groups is 2. The largest absolute Gasteiger partial charge is 0.416 e. The number of rotatable bonds is 5. The minimum Gasteiger partial charge on any atom is -0.390 e. The maximum Gasteiger partial charge on any atom is 0.416 e. The zero-order chi connectivity index (χ0) is 16.2. The van der Waals surface area contributed by atoms with Crippen molar-refractivity contribution in [2.75, 3.05) is 6.54 Å². The average molecular weight is 309 g/mol. The van der Waals surface area contributed by atoms with Gasteiger partial charge in [-0.2, -0.15) is 13.2 Å². The molecule has 0 heterocycles. The van der Waals surface area contributed by atoms with Gasteiger partial charge in [-0.1, -0.05) is 6.07 Å². The number of benzene rings is 1. The molecule has 0 radical (unpaired) electrons. The van der Waals surface area contributed by atoms with E-state index < -0.39 is 35.3 Å². The predicted molar refractivity (Wildman–Crippen MR) is 65.7 cm³/mol. The SMILES string of the molecule is CC(=O)NCCC(O)C(O)c1ccc(C(F)(F)F)cc1F. The third-order valence-corrected chi connectivity index (χ3v) is 2.82. The topological polar surface area (TPSA) is 69.6 Å². The number of carbonyl (C=O) groups is 1. The fourth-order valence-electron chi connectivity index (χ4n) is 1.70. The maximum absolute atomic E-state index is 13.6. The fourth-order valence-corrected chi connectivity index (χ4v) is 1.70. The molecule has 1 aromatic carbocycles. The normalized spacial score (nSPS) is 14.6. The number of hydrogen-bond donors (Lipinski definition) is 3. The van der Waals surface area contributed by atoms with E-state index in [4.69, 9.17) is 0 Å². The molecule has 2 atom stereocenters. The molecular weight excluding hydrogens is 294 g/mol. The Morgan fingerprint density at radius 1 is 1.33 bits per heavy atom. The van der Waals surface area contributed by atoms with Gasteiger partial charge in [0, 0.05) is 19.0 Å². The van der Waals surface area contributed by atoms with Crippen LogP contribution in [0.2, 0.25) is 0 Å². The van der Waals surface area contributed by atoms with Gasteiger partial charge in [0.15, 0.2) is 0 Å². The van der Waals surface area contributed by atoms with Crippen LogP contribution >= 0.6 is 0 Å². The molecule has 0 aliphatic rings. The molecule has 118 valence electrons. The molecule has 21 heavy (non-hydrogen) atoms. The van der Waals surface area contributed by atoms with Gasteiger partial charge in [0.25, 0.3) is 0 Å². The molecule has 0 saturated heterocycles. The van der Waals surface area contributed by atoms with Crippen LogP contribution in [0, 0.1) is 5.82 Å². The van der Waals surface area contributed by atoms with Gasteiger partial charge >= 0.3 is 6.18 Å². The molecular formula is C13H15F4NO3. The first-order valence-corrected chi connectivity index (χ1v) is 6.10. The van der Waals surface area contributed by atoms with Crippen LogP contribution in [0.15, 0.2) is 18.2 Å². The summed E-state index contributed by atoms with van der Waals surface area (Å²) < 4.78 is 50.7. The Kier molecular flexibility index (Phi) is 5.68. The first kappa shape index (κ1) is 17.4. The number of aliphatic hydroxyl groups excluding tert-OH is 2. The van der Waals surface area contributed by atoms with Crippen molar-refractivity contribution in [2.24, 2.45) is 0 Å². The monoisotopic (exact) mass is 309 g/mol. The van der Waals surface area contributed by atoms with E-state index in [1.807, 2.05) is 0 Å². The molecule has 2 unspecified atom stereocenters. The number of halogens is 4. The molecule has 0 aromatic heterocycles. The van der Waals surface area contributed by atoms with Crippen molar-refractivity contribution in [3.63, 3.8) is 0 Å². The lowest BCUT2D eigenvalue weighted by atomic mass is 10.00. The second-order valence-corrected chi connectivity index (χ2v) is 4.52. The third kappa shape index (κ3) is 4.98. The Balaban J connectivity index is 2.78. The summed E-state index contributed by atoms with van der Waals surface area (Å²) in [6.45, 7) is 1.31. The molecule has 0 spiro atoms. The number of alkyl halides is 3. The molecule has 4 nitrogen and oxygen atoms in total. The summed E-state index contributed by atoms with van der Waals surface area (Å²) >= 11 is 0. The second-order valence-electron chi connectivity index (χ2n) is 4.52. The number of amides is 1. The van der Waals surface area contributed by atoms with Crippen LogP contribution in [0.5, 0.6) is 0 Å². The first-order valence-electron chi connectivity index (χ1n) is 6.10. The van der Waals surface area contributed by atoms with Crippen LogP contribution in [0.4, 0.5) is 17.6 Å². The van der Waals surface area contributed by atoms with Crippen molar-refractivity contribution in [1.29, 1.82) is 0 Å². The standard InChI is InChI=1S/C13H15F4NO3/c1-7(19)18-5-4-11(20)12(21)9-3-2-8(6-10(9)14)13(15,16)17/h2-3,6,11-12,20-21H,4-5H2,1H3,(H,18,19). The van der Waals surface area contributed by atoms with Gasteiger partial charge in [-0.3, -0.25) is 4.79 Å². The Morgan fingerprint density at radius 3 is 2.43 bits per heavy atom.